The van der Waals surface area contributed by atoms with Gasteiger partial charge < -0.3 is 4.74 Å². The maximum Gasteiger partial charge on any atom is 0.348 e. The van der Waals surface area contributed by atoms with Gasteiger partial charge >= 0.3 is 5.97 Å². The van der Waals surface area contributed by atoms with Crippen LogP contribution in [-0.4, -0.2) is 16.9 Å². The van der Waals surface area contributed by atoms with Crippen molar-refractivity contribution in [1.82, 2.24) is 4.98 Å². The van der Waals surface area contributed by atoms with Crippen LogP contribution in [0.15, 0.2) is 35.7 Å². The number of carbonyl (C=O) groups is 2. The third-order valence-electron chi connectivity index (χ3n) is 5.19. The highest BCUT2D eigenvalue weighted by Crippen LogP contribution is 2.33. The van der Waals surface area contributed by atoms with Gasteiger partial charge in [-0.25, -0.2) is 9.78 Å². The second-order valence-electron chi connectivity index (χ2n) is 7.80. The summed E-state index contributed by atoms with van der Waals surface area (Å²) in [6.45, 7) is 5.84. The number of benzene rings is 1. The van der Waals surface area contributed by atoms with E-state index >= 15 is 0 Å². The molecule has 1 atom stereocenters. The minimum atomic E-state index is -0.307. The Morgan fingerprint density at radius 1 is 1.30 bits per heavy atom. The van der Waals surface area contributed by atoms with Crippen LogP contribution in [0, 0.1) is 12.8 Å². The number of aryl methyl sites for hydroxylation is 2. The van der Waals surface area contributed by atoms with Crippen molar-refractivity contribution in [2.45, 2.75) is 46.6 Å². The maximum atomic E-state index is 12.5. The van der Waals surface area contributed by atoms with Gasteiger partial charge in [0.25, 0.3) is 0 Å². The van der Waals surface area contributed by atoms with Crippen LogP contribution in [-0.2, 0) is 29.0 Å². The Bertz CT molecular complexity index is 1090. The zero-order valence-electron chi connectivity index (χ0n) is 17.3. The Kier molecular flexibility index (Phi) is 6.01. The first-order valence-electron chi connectivity index (χ1n) is 10.0. The Balaban J connectivity index is 1.44. The fraction of sp³-hybridized carbons (Fsp3) is 0.348. The monoisotopic (exact) mass is 440 g/mol. The van der Waals surface area contributed by atoms with E-state index in [1.165, 1.54) is 35.1 Å². The molecule has 2 aromatic heterocycles. The van der Waals surface area contributed by atoms with Crippen LogP contribution in [0.25, 0.3) is 0 Å². The van der Waals surface area contributed by atoms with Gasteiger partial charge in [-0.05, 0) is 61.4 Å². The number of amides is 1. The number of fused-ring (bicyclic) bond motifs is 1. The number of thiazole rings is 1. The average molecular weight is 441 g/mol. The van der Waals surface area contributed by atoms with Crippen LogP contribution in [0.2, 0.25) is 0 Å². The van der Waals surface area contributed by atoms with Gasteiger partial charge in [0, 0.05) is 17.2 Å². The minimum Gasteiger partial charge on any atom is -0.455 e. The molecule has 0 aliphatic heterocycles. The second-order valence-corrected chi connectivity index (χ2v) is 9.77. The summed E-state index contributed by atoms with van der Waals surface area (Å²) >= 11 is 2.91. The molecule has 0 saturated heterocycles. The molecule has 2 heterocycles. The van der Waals surface area contributed by atoms with Crippen molar-refractivity contribution < 1.29 is 14.3 Å². The number of thiophene rings is 1. The van der Waals surface area contributed by atoms with Crippen LogP contribution in [0.4, 0.5) is 10.8 Å². The van der Waals surface area contributed by atoms with Crippen molar-refractivity contribution in [1.29, 1.82) is 0 Å². The van der Waals surface area contributed by atoms with Crippen molar-refractivity contribution in [2.75, 3.05) is 4.90 Å². The van der Waals surface area contributed by atoms with E-state index in [0.717, 1.165) is 24.1 Å². The first-order valence-corrected chi connectivity index (χ1v) is 11.7. The molecule has 0 saturated carbocycles. The molecular weight excluding hydrogens is 416 g/mol. The lowest BCUT2D eigenvalue weighted by Gasteiger charge is -2.18. The zero-order valence-corrected chi connectivity index (χ0v) is 18.9. The van der Waals surface area contributed by atoms with E-state index in [4.69, 9.17) is 4.74 Å². The van der Waals surface area contributed by atoms with Gasteiger partial charge in [0.05, 0.1) is 11.4 Å². The van der Waals surface area contributed by atoms with E-state index in [1.54, 1.807) is 16.2 Å². The Labute approximate surface area is 184 Å². The van der Waals surface area contributed by atoms with E-state index in [0.29, 0.717) is 21.6 Å². The van der Waals surface area contributed by atoms with E-state index in [9.17, 15) is 9.59 Å². The molecule has 0 N–H and O–H groups in total. The number of nitrogens with zero attached hydrogens (tertiary/aromatic N) is 2. The van der Waals surface area contributed by atoms with Gasteiger partial charge in [-0.2, -0.15) is 0 Å². The summed E-state index contributed by atoms with van der Waals surface area (Å²) in [5.74, 6) is 0.248. The summed E-state index contributed by atoms with van der Waals surface area (Å²) in [6, 6.07) is 9.71. The lowest BCUT2D eigenvalue weighted by Crippen LogP contribution is -2.22. The third-order valence-corrected chi connectivity index (χ3v) is 7.28. The van der Waals surface area contributed by atoms with Gasteiger partial charge in [-0.1, -0.05) is 19.1 Å². The fourth-order valence-corrected chi connectivity index (χ4v) is 5.65. The van der Waals surface area contributed by atoms with Gasteiger partial charge in [0.1, 0.15) is 11.5 Å². The fourth-order valence-electron chi connectivity index (χ4n) is 3.68. The number of anilines is 2. The first-order chi connectivity index (χ1) is 14.4. The number of esters is 1. The van der Waals surface area contributed by atoms with E-state index in [1.807, 2.05) is 42.6 Å². The molecule has 30 heavy (non-hydrogen) atoms. The van der Waals surface area contributed by atoms with Crippen molar-refractivity contribution >= 4 is 45.4 Å². The van der Waals surface area contributed by atoms with E-state index in [2.05, 4.69) is 11.9 Å². The molecule has 0 radical (unpaired) electrons. The van der Waals surface area contributed by atoms with Gasteiger partial charge in [-0.15, -0.1) is 22.7 Å². The number of hydrogen-bond acceptors (Lipinski definition) is 6. The molecule has 0 spiro atoms. The van der Waals surface area contributed by atoms with Gasteiger partial charge in [0.15, 0.2) is 5.13 Å². The lowest BCUT2D eigenvalue weighted by molar-refractivity contribution is -0.115. The van der Waals surface area contributed by atoms with Crippen LogP contribution in [0.5, 0.6) is 0 Å². The number of hydrogen-bond donors (Lipinski definition) is 0. The molecule has 0 fully saturated rings. The summed E-state index contributed by atoms with van der Waals surface area (Å²) in [7, 11) is 0. The van der Waals surface area contributed by atoms with Crippen LogP contribution in [0.1, 0.15) is 51.6 Å². The van der Waals surface area contributed by atoms with Crippen molar-refractivity contribution in [3.63, 3.8) is 0 Å². The number of aromatic nitrogens is 1. The van der Waals surface area contributed by atoms with Crippen LogP contribution in [0.3, 0.4) is 0 Å². The maximum absolute atomic E-state index is 12.5. The molecule has 5 nitrogen and oxygen atoms in total. The zero-order chi connectivity index (χ0) is 21.3. The summed E-state index contributed by atoms with van der Waals surface area (Å²) in [5, 5.41) is 2.40. The molecule has 1 aliphatic rings. The van der Waals surface area contributed by atoms with Crippen molar-refractivity contribution in [3.05, 3.63) is 62.3 Å². The second kappa shape index (κ2) is 8.70. The normalized spacial score (nSPS) is 15.5. The summed E-state index contributed by atoms with van der Waals surface area (Å²) in [5.41, 5.74) is 3.77. The Morgan fingerprint density at radius 2 is 2.13 bits per heavy atom. The number of carbonyl (C=O) groups excluding carboxylic acids is 2. The Hall–Kier alpha value is -2.51. The standard InChI is InChI=1S/C23H24N2O3S2/c1-14-5-4-6-19(10-14)25(16(3)26)23-24-18(13-29-23)12-28-22(27)21-11-17-9-15(2)7-8-20(17)30-21/h4-6,10-11,13,15H,7-9,12H2,1-3H3. The van der Waals surface area contributed by atoms with Crippen molar-refractivity contribution in [3.8, 4) is 0 Å². The smallest absolute Gasteiger partial charge is 0.348 e. The molecule has 1 unspecified atom stereocenters. The average Bonchev–Trinajstić information content (AvgIpc) is 3.33. The predicted octanol–water partition coefficient (Wildman–Crippen LogP) is 5.68. The summed E-state index contributed by atoms with van der Waals surface area (Å²) < 4.78 is 5.51. The summed E-state index contributed by atoms with van der Waals surface area (Å²) in [6.07, 6.45) is 3.26. The van der Waals surface area contributed by atoms with Crippen LogP contribution >= 0.6 is 22.7 Å². The predicted molar refractivity (Wildman–Crippen MR) is 121 cm³/mol. The minimum absolute atomic E-state index is 0.0911. The molecule has 4 rings (SSSR count). The molecular formula is C23H24N2O3S2. The molecule has 1 aliphatic carbocycles. The quantitative estimate of drug-likeness (QED) is 0.479. The third kappa shape index (κ3) is 4.47. The van der Waals surface area contributed by atoms with E-state index < -0.39 is 0 Å². The molecule has 7 heteroatoms. The van der Waals surface area contributed by atoms with Crippen molar-refractivity contribution in [2.24, 2.45) is 5.92 Å². The largest absolute Gasteiger partial charge is 0.455 e. The van der Waals surface area contributed by atoms with E-state index in [-0.39, 0.29) is 18.5 Å². The molecule has 3 aromatic rings. The topological polar surface area (TPSA) is 59.5 Å². The number of rotatable bonds is 5. The van der Waals surface area contributed by atoms with Gasteiger partial charge in [-0.3, -0.25) is 9.69 Å². The molecule has 1 amide bonds. The number of ether oxygens (including phenoxy) is 1. The van der Waals surface area contributed by atoms with Crippen LogP contribution < -0.4 is 4.90 Å². The SMILES string of the molecule is CC(=O)N(c1cccc(C)c1)c1nc(COC(=O)c2cc3c(s2)CCC(C)C3)cs1. The highest BCUT2D eigenvalue weighted by molar-refractivity contribution is 7.14. The first kappa shape index (κ1) is 20.8. The molecule has 0 bridgehead atoms. The lowest BCUT2D eigenvalue weighted by atomic mass is 9.90. The van der Waals surface area contributed by atoms with Gasteiger partial charge in [0.2, 0.25) is 5.91 Å². The molecule has 156 valence electrons. The molecule has 1 aromatic carbocycles. The highest BCUT2D eigenvalue weighted by atomic mass is 32.1. The summed E-state index contributed by atoms with van der Waals surface area (Å²) in [4.78, 5) is 32.9. The Morgan fingerprint density at radius 3 is 2.90 bits per heavy atom. The highest BCUT2D eigenvalue weighted by Gasteiger charge is 2.22.